The van der Waals surface area contributed by atoms with E-state index in [0.717, 1.165) is 23.6 Å². The third kappa shape index (κ3) is 2.74. The van der Waals surface area contributed by atoms with E-state index in [-0.39, 0.29) is 29.8 Å². The second-order valence-corrected chi connectivity index (χ2v) is 5.53. The Balaban J connectivity index is 1.64. The van der Waals surface area contributed by atoms with Gasteiger partial charge in [0.15, 0.2) is 5.69 Å². The van der Waals surface area contributed by atoms with Crippen LogP contribution in [0.2, 0.25) is 0 Å². The quantitative estimate of drug-likeness (QED) is 0.896. The van der Waals surface area contributed by atoms with Crippen molar-refractivity contribution in [3.05, 3.63) is 17.5 Å². The number of nitrogens with one attached hydrogen (secondary N) is 1. The predicted octanol–water partition coefficient (Wildman–Crippen LogP) is 0.851. The fraction of sp³-hybridized carbons (Fsp3) is 0.615. The number of hydrogen-bond acceptors (Lipinski definition) is 3. The molecule has 2 fully saturated rings. The molecule has 1 aromatic heterocycles. The molecule has 1 saturated heterocycles. The molecule has 0 radical (unpaired) electrons. The van der Waals surface area contributed by atoms with Gasteiger partial charge in [-0.05, 0) is 18.9 Å². The highest BCUT2D eigenvalue weighted by Crippen LogP contribution is 2.30. The molecule has 8 heteroatoms. The number of aryl methyl sites for hydroxylation is 1. The zero-order valence-corrected chi connectivity index (χ0v) is 11.6. The van der Waals surface area contributed by atoms with E-state index < -0.39 is 12.3 Å². The van der Waals surface area contributed by atoms with Crippen molar-refractivity contribution in [3.8, 4) is 0 Å². The van der Waals surface area contributed by atoms with Gasteiger partial charge in [0.25, 0.3) is 12.3 Å². The molecule has 1 atom stereocenters. The summed E-state index contributed by atoms with van der Waals surface area (Å²) in [5.41, 5.74) is -0.354. The van der Waals surface area contributed by atoms with E-state index in [1.165, 1.54) is 7.05 Å². The lowest BCUT2D eigenvalue weighted by molar-refractivity contribution is -0.128. The fourth-order valence-electron chi connectivity index (χ4n) is 2.62. The van der Waals surface area contributed by atoms with Crippen molar-refractivity contribution in [2.45, 2.75) is 37.8 Å². The summed E-state index contributed by atoms with van der Waals surface area (Å²) < 4.78 is 26.3. The summed E-state index contributed by atoms with van der Waals surface area (Å²) in [6, 6.07) is 1.12. The van der Waals surface area contributed by atoms with Crippen LogP contribution >= 0.6 is 0 Å². The van der Waals surface area contributed by atoms with E-state index in [2.05, 4.69) is 10.4 Å². The number of amides is 2. The highest BCUT2D eigenvalue weighted by atomic mass is 19.3. The Morgan fingerprint density at radius 3 is 2.76 bits per heavy atom. The van der Waals surface area contributed by atoms with Gasteiger partial charge in [-0.1, -0.05) is 0 Å². The Morgan fingerprint density at radius 1 is 1.48 bits per heavy atom. The van der Waals surface area contributed by atoms with Crippen LogP contribution in [0.25, 0.3) is 0 Å². The summed E-state index contributed by atoms with van der Waals surface area (Å²) in [7, 11) is 1.37. The molecule has 1 N–H and O–H groups in total. The van der Waals surface area contributed by atoms with Gasteiger partial charge in [0, 0.05) is 26.1 Å². The summed E-state index contributed by atoms with van der Waals surface area (Å²) in [6.45, 7) is 0.490. The summed E-state index contributed by atoms with van der Waals surface area (Å²) in [5, 5.41) is 6.48. The van der Waals surface area contributed by atoms with Crippen LogP contribution < -0.4 is 5.32 Å². The van der Waals surface area contributed by atoms with Gasteiger partial charge in [-0.2, -0.15) is 5.10 Å². The topological polar surface area (TPSA) is 67.2 Å². The van der Waals surface area contributed by atoms with Crippen LogP contribution in [0.15, 0.2) is 6.07 Å². The fourth-order valence-corrected chi connectivity index (χ4v) is 2.62. The van der Waals surface area contributed by atoms with Crippen LogP contribution in [-0.4, -0.2) is 45.1 Å². The molecule has 0 aromatic carbocycles. The summed E-state index contributed by atoms with van der Waals surface area (Å²) in [4.78, 5) is 25.6. The van der Waals surface area contributed by atoms with Gasteiger partial charge in [0.1, 0.15) is 5.69 Å². The molecule has 0 spiro atoms. The lowest BCUT2D eigenvalue weighted by atomic mass is 10.2. The Hall–Kier alpha value is -1.99. The highest BCUT2D eigenvalue weighted by molar-refractivity contribution is 5.93. The molecule has 0 bridgehead atoms. The Bertz CT molecular complexity index is 583. The molecular formula is C13H16F2N4O2. The van der Waals surface area contributed by atoms with E-state index in [1.807, 2.05) is 0 Å². The van der Waals surface area contributed by atoms with E-state index in [0.29, 0.717) is 12.6 Å². The monoisotopic (exact) mass is 298 g/mol. The number of alkyl halides is 2. The van der Waals surface area contributed by atoms with Crippen molar-refractivity contribution >= 4 is 11.8 Å². The summed E-state index contributed by atoms with van der Waals surface area (Å²) in [5.74, 6) is -0.481. The number of likely N-dealkylation sites (tertiary alicyclic amines) is 1. The first kappa shape index (κ1) is 14.0. The molecule has 1 unspecified atom stereocenters. The molecular weight excluding hydrogens is 282 g/mol. The van der Waals surface area contributed by atoms with Crippen molar-refractivity contribution in [1.82, 2.24) is 20.0 Å². The van der Waals surface area contributed by atoms with Gasteiger partial charge in [-0.15, -0.1) is 0 Å². The van der Waals surface area contributed by atoms with Crippen molar-refractivity contribution < 1.29 is 18.4 Å². The lowest BCUT2D eigenvalue weighted by Crippen LogP contribution is -2.37. The molecule has 114 valence electrons. The first-order chi connectivity index (χ1) is 9.95. The van der Waals surface area contributed by atoms with Crippen molar-refractivity contribution in [1.29, 1.82) is 0 Å². The van der Waals surface area contributed by atoms with Gasteiger partial charge in [-0.3, -0.25) is 14.3 Å². The number of aromatic nitrogens is 2. The van der Waals surface area contributed by atoms with E-state index in [1.54, 1.807) is 4.90 Å². The molecule has 21 heavy (non-hydrogen) atoms. The standard InChI is InChI=1S/C13H16F2N4O2/c1-18-10(12(14)15)5-9(17-18)13(21)16-7-4-11(20)19(6-7)8-2-3-8/h5,7-8,12H,2-4,6H2,1H3,(H,16,21). The average Bonchev–Trinajstić information content (AvgIpc) is 3.07. The molecule has 1 aliphatic heterocycles. The number of carbonyl (C=O) groups is 2. The maximum absolute atomic E-state index is 12.7. The average molecular weight is 298 g/mol. The van der Waals surface area contributed by atoms with Crippen molar-refractivity contribution in [2.75, 3.05) is 6.54 Å². The highest BCUT2D eigenvalue weighted by Gasteiger charge is 2.39. The predicted molar refractivity (Wildman–Crippen MR) is 68.8 cm³/mol. The van der Waals surface area contributed by atoms with Crippen LogP contribution in [0.5, 0.6) is 0 Å². The maximum atomic E-state index is 12.7. The van der Waals surface area contributed by atoms with E-state index >= 15 is 0 Å². The first-order valence-corrected chi connectivity index (χ1v) is 6.88. The SMILES string of the molecule is Cn1nc(C(=O)NC2CC(=O)N(C3CC3)C2)cc1C(F)F. The first-order valence-electron chi connectivity index (χ1n) is 6.88. The molecule has 3 rings (SSSR count). The van der Waals surface area contributed by atoms with Crippen LogP contribution in [0, 0.1) is 0 Å². The van der Waals surface area contributed by atoms with Gasteiger partial charge >= 0.3 is 0 Å². The van der Waals surface area contributed by atoms with Gasteiger partial charge in [-0.25, -0.2) is 8.78 Å². The minimum atomic E-state index is -2.68. The van der Waals surface area contributed by atoms with Gasteiger partial charge in [0.2, 0.25) is 5.91 Å². The number of halogens is 2. The molecule has 2 amide bonds. The molecule has 1 aromatic rings. The molecule has 1 saturated carbocycles. The zero-order chi connectivity index (χ0) is 15.1. The number of carbonyl (C=O) groups excluding carboxylic acids is 2. The van der Waals surface area contributed by atoms with Crippen molar-refractivity contribution in [2.24, 2.45) is 7.05 Å². The Labute approximate surface area is 120 Å². The van der Waals surface area contributed by atoms with Gasteiger partial charge < -0.3 is 10.2 Å². The molecule has 1 aliphatic carbocycles. The normalized spacial score (nSPS) is 22.2. The number of hydrogen-bond donors (Lipinski definition) is 1. The molecule has 2 heterocycles. The lowest BCUT2D eigenvalue weighted by Gasteiger charge is -2.15. The molecule has 2 aliphatic rings. The third-order valence-corrected chi connectivity index (χ3v) is 3.85. The number of rotatable bonds is 4. The summed E-state index contributed by atoms with van der Waals surface area (Å²) >= 11 is 0. The second-order valence-electron chi connectivity index (χ2n) is 5.53. The van der Waals surface area contributed by atoms with E-state index in [9.17, 15) is 18.4 Å². The Kier molecular flexibility index (Phi) is 3.38. The number of nitrogens with zero attached hydrogens (tertiary/aromatic N) is 3. The van der Waals surface area contributed by atoms with Gasteiger partial charge in [0.05, 0.1) is 6.04 Å². The maximum Gasteiger partial charge on any atom is 0.280 e. The largest absolute Gasteiger partial charge is 0.346 e. The minimum absolute atomic E-state index is 0.0390. The van der Waals surface area contributed by atoms with Crippen LogP contribution in [0.3, 0.4) is 0 Å². The second kappa shape index (κ2) is 5.09. The van der Waals surface area contributed by atoms with E-state index in [4.69, 9.17) is 0 Å². The summed E-state index contributed by atoms with van der Waals surface area (Å²) in [6.07, 6.45) is -0.381. The van der Waals surface area contributed by atoms with Crippen LogP contribution in [0.1, 0.15) is 41.9 Å². The smallest absolute Gasteiger partial charge is 0.280 e. The minimum Gasteiger partial charge on any atom is -0.346 e. The third-order valence-electron chi connectivity index (χ3n) is 3.85. The molecule has 6 nitrogen and oxygen atoms in total. The van der Waals surface area contributed by atoms with Crippen LogP contribution in [-0.2, 0) is 11.8 Å². The zero-order valence-electron chi connectivity index (χ0n) is 11.6. The van der Waals surface area contributed by atoms with Crippen molar-refractivity contribution in [3.63, 3.8) is 0 Å². The van der Waals surface area contributed by atoms with Crippen LogP contribution in [0.4, 0.5) is 8.78 Å². The Morgan fingerprint density at radius 2 is 2.19 bits per heavy atom.